The van der Waals surface area contributed by atoms with Gasteiger partial charge in [-0.05, 0) is 42.4 Å². The molecule has 1 aliphatic rings. The Bertz CT molecular complexity index is 1060. The molecular formula is C22H25FN4O3. The topological polar surface area (TPSA) is 91.8 Å². The Morgan fingerprint density at radius 2 is 1.83 bits per heavy atom. The number of rotatable bonds is 5. The second kappa shape index (κ2) is 8.33. The molecule has 158 valence electrons. The molecule has 7 nitrogen and oxygen atoms in total. The smallest absolute Gasteiger partial charge is 0.246 e. The van der Waals surface area contributed by atoms with Crippen LogP contribution in [0.15, 0.2) is 42.5 Å². The zero-order valence-corrected chi connectivity index (χ0v) is 16.7. The summed E-state index contributed by atoms with van der Waals surface area (Å²) in [5, 5.41) is 23.5. The standard InChI is InChI=1S/C22H25FN4O3/c1-2-26-8-10-27(11-9-26)19(14-4-3-5-15(23)12-14)22(30)24-16-6-7-17-18(13-16)21(29)25-20(17)28/h3-7,12-13,19,25,28-29H,2,8-11H2,1H3,(H,24,30). The Hall–Kier alpha value is -3.10. The van der Waals surface area contributed by atoms with Crippen LogP contribution in [0.5, 0.6) is 11.8 Å². The van der Waals surface area contributed by atoms with E-state index in [2.05, 4.69) is 27.0 Å². The van der Waals surface area contributed by atoms with Gasteiger partial charge in [-0.15, -0.1) is 0 Å². The quantitative estimate of drug-likeness (QED) is 0.517. The second-order valence-electron chi connectivity index (χ2n) is 7.50. The molecule has 1 saturated heterocycles. The Morgan fingerprint density at radius 3 is 2.53 bits per heavy atom. The van der Waals surface area contributed by atoms with Crippen molar-refractivity contribution in [2.75, 3.05) is 38.0 Å². The zero-order valence-electron chi connectivity index (χ0n) is 16.7. The minimum absolute atomic E-state index is 0.133. The lowest BCUT2D eigenvalue weighted by Crippen LogP contribution is -2.49. The molecule has 1 aliphatic heterocycles. The summed E-state index contributed by atoms with van der Waals surface area (Å²) in [5.41, 5.74) is 1.08. The lowest BCUT2D eigenvalue weighted by molar-refractivity contribution is -0.122. The highest BCUT2D eigenvalue weighted by Crippen LogP contribution is 2.34. The lowest BCUT2D eigenvalue weighted by atomic mass is 10.0. The fourth-order valence-electron chi connectivity index (χ4n) is 4.02. The van der Waals surface area contributed by atoms with E-state index < -0.39 is 6.04 Å². The summed E-state index contributed by atoms with van der Waals surface area (Å²) in [6.07, 6.45) is 0. The monoisotopic (exact) mass is 412 g/mol. The maximum absolute atomic E-state index is 13.9. The molecule has 30 heavy (non-hydrogen) atoms. The number of carbonyl (C=O) groups is 1. The Labute approximate surface area is 173 Å². The number of hydrogen-bond donors (Lipinski definition) is 4. The molecule has 1 atom stereocenters. The molecule has 1 unspecified atom stereocenters. The number of piperazine rings is 1. The third kappa shape index (κ3) is 3.96. The van der Waals surface area contributed by atoms with Gasteiger partial charge in [-0.1, -0.05) is 19.1 Å². The van der Waals surface area contributed by atoms with Crippen molar-refractivity contribution < 1.29 is 19.4 Å². The van der Waals surface area contributed by atoms with Crippen molar-refractivity contribution in [1.29, 1.82) is 0 Å². The average Bonchev–Trinajstić information content (AvgIpc) is 3.02. The van der Waals surface area contributed by atoms with Crippen molar-refractivity contribution >= 4 is 22.4 Å². The van der Waals surface area contributed by atoms with Gasteiger partial charge in [0.05, 0.1) is 0 Å². The van der Waals surface area contributed by atoms with E-state index in [1.54, 1.807) is 30.3 Å². The number of fused-ring (bicyclic) bond motifs is 1. The van der Waals surface area contributed by atoms with Crippen LogP contribution in [0.2, 0.25) is 0 Å². The van der Waals surface area contributed by atoms with Gasteiger partial charge in [0.25, 0.3) is 0 Å². The highest BCUT2D eigenvalue weighted by atomic mass is 19.1. The maximum atomic E-state index is 13.9. The number of aromatic amines is 1. The normalized spacial score (nSPS) is 16.6. The van der Waals surface area contributed by atoms with Crippen LogP contribution in [-0.4, -0.2) is 63.6 Å². The van der Waals surface area contributed by atoms with Crippen molar-refractivity contribution in [3.63, 3.8) is 0 Å². The number of likely N-dealkylation sites (N-methyl/N-ethyl adjacent to an activating group) is 1. The summed E-state index contributed by atoms with van der Waals surface area (Å²) < 4.78 is 13.9. The number of aromatic hydroxyl groups is 2. The number of nitrogens with one attached hydrogen (secondary N) is 2. The number of amides is 1. The first kappa shape index (κ1) is 20.2. The van der Waals surface area contributed by atoms with Gasteiger partial charge >= 0.3 is 0 Å². The second-order valence-corrected chi connectivity index (χ2v) is 7.50. The third-order valence-electron chi connectivity index (χ3n) is 5.67. The summed E-state index contributed by atoms with van der Waals surface area (Å²) in [4.78, 5) is 20.1. The van der Waals surface area contributed by atoms with E-state index in [1.807, 2.05) is 0 Å². The predicted molar refractivity (Wildman–Crippen MR) is 113 cm³/mol. The van der Waals surface area contributed by atoms with Crippen LogP contribution in [0, 0.1) is 5.82 Å². The van der Waals surface area contributed by atoms with Gasteiger partial charge in [0.15, 0.2) is 11.8 Å². The molecule has 2 heterocycles. The van der Waals surface area contributed by atoms with Crippen molar-refractivity contribution in [1.82, 2.24) is 14.8 Å². The van der Waals surface area contributed by atoms with E-state index in [1.165, 1.54) is 12.1 Å². The predicted octanol–water partition coefficient (Wildman–Crippen LogP) is 3.04. The summed E-state index contributed by atoms with van der Waals surface area (Å²) in [7, 11) is 0. The number of anilines is 1. The third-order valence-corrected chi connectivity index (χ3v) is 5.67. The van der Waals surface area contributed by atoms with Gasteiger partial charge in [0, 0.05) is 42.6 Å². The van der Waals surface area contributed by atoms with Crippen LogP contribution < -0.4 is 5.32 Å². The van der Waals surface area contributed by atoms with Gasteiger partial charge in [-0.25, -0.2) is 4.39 Å². The molecule has 4 N–H and O–H groups in total. The van der Waals surface area contributed by atoms with Gasteiger partial charge in [0.1, 0.15) is 11.9 Å². The van der Waals surface area contributed by atoms with Crippen LogP contribution in [0.25, 0.3) is 10.8 Å². The maximum Gasteiger partial charge on any atom is 0.246 e. The molecule has 4 rings (SSSR count). The lowest BCUT2D eigenvalue weighted by Gasteiger charge is -2.38. The summed E-state index contributed by atoms with van der Waals surface area (Å²) in [6, 6.07) is 10.4. The van der Waals surface area contributed by atoms with Crippen LogP contribution in [-0.2, 0) is 4.79 Å². The summed E-state index contributed by atoms with van der Waals surface area (Å²) in [5.74, 6) is -0.960. The Morgan fingerprint density at radius 1 is 1.10 bits per heavy atom. The van der Waals surface area contributed by atoms with Crippen molar-refractivity contribution in [2.24, 2.45) is 0 Å². The molecule has 2 aromatic carbocycles. The number of aromatic nitrogens is 1. The number of H-pyrrole nitrogens is 1. The first-order valence-electron chi connectivity index (χ1n) is 10.0. The fourth-order valence-corrected chi connectivity index (χ4v) is 4.02. The number of hydrogen-bond acceptors (Lipinski definition) is 5. The molecule has 0 aliphatic carbocycles. The van der Waals surface area contributed by atoms with Gasteiger partial charge in [-0.3, -0.25) is 14.7 Å². The molecule has 8 heteroatoms. The van der Waals surface area contributed by atoms with Crippen molar-refractivity contribution in [3.8, 4) is 11.8 Å². The molecule has 1 fully saturated rings. The SMILES string of the molecule is CCN1CCN(C(C(=O)Nc2ccc3c(O)[nH]c(O)c3c2)c2cccc(F)c2)CC1. The molecule has 0 bridgehead atoms. The number of halogens is 1. The molecule has 3 aromatic rings. The van der Waals surface area contributed by atoms with E-state index in [9.17, 15) is 19.4 Å². The van der Waals surface area contributed by atoms with E-state index in [0.717, 1.165) is 19.6 Å². The van der Waals surface area contributed by atoms with E-state index in [4.69, 9.17) is 0 Å². The highest BCUT2D eigenvalue weighted by molar-refractivity contribution is 6.00. The zero-order chi connectivity index (χ0) is 21.3. The largest absolute Gasteiger partial charge is 0.494 e. The minimum Gasteiger partial charge on any atom is -0.494 e. The molecule has 0 radical (unpaired) electrons. The van der Waals surface area contributed by atoms with E-state index in [0.29, 0.717) is 35.1 Å². The molecule has 1 aromatic heterocycles. The van der Waals surface area contributed by atoms with Gasteiger partial charge in [0.2, 0.25) is 5.91 Å². The summed E-state index contributed by atoms with van der Waals surface area (Å²) >= 11 is 0. The molecule has 1 amide bonds. The minimum atomic E-state index is -0.636. The van der Waals surface area contributed by atoms with Crippen molar-refractivity contribution in [2.45, 2.75) is 13.0 Å². The Kier molecular flexibility index (Phi) is 5.61. The van der Waals surface area contributed by atoms with Gasteiger partial charge < -0.3 is 20.4 Å². The molecule has 0 spiro atoms. The molecular weight excluding hydrogens is 387 g/mol. The van der Waals surface area contributed by atoms with Crippen LogP contribution in [0.4, 0.5) is 10.1 Å². The number of carbonyl (C=O) groups excluding carboxylic acids is 1. The van der Waals surface area contributed by atoms with E-state index >= 15 is 0 Å². The summed E-state index contributed by atoms with van der Waals surface area (Å²) in [6.45, 7) is 6.16. The fraction of sp³-hybridized carbons (Fsp3) is 0.318. The Balaban J connectivity index is 1.61. The van der Waals surface area contributed by atoms with Crippen LogP contribution >= 0.6 is 0 Å². The average molecular weight is 412 g/mol. The van der Waals surface area contributed by atoms with Crippen LogP contribution in [0.3, 0.4) is 0 Å². The first-order chi connectivity index (χ1) is 14.5. The highest BCUT2D eigenvalue weighted by Gasteiger charge is 2.30. The van der Waals surface area contributed by atoms with Crippen molar-refractivity contribution in [3.05, 3.63) is 53.8 Å². The van der Waals surface area contributed by atoms with E-state index in [-0.39, 0.29) is 23.5 Å². The van der Waals surface area contributed by atoms with Crippen LogP contribution in [0.1, 0.15) is 18.5 Å². The molecule has 0 saturated carbocycles. The number of benzene rings is 2. The van der Waals surface area contributed by atoms with Gasteiger partial charge in [-0.2, -0.15) is 0 Å². The number of nitrogens with zero attached hydrogens (tertiary/aromatic N) is 2. The first-order valence-corrected chi connectivity index (χ1v) is 10.0.